The van der Waals surface area contributed by atoms with Gasteiger partial charge in [0.2, 0.25) is 5.95 Å². The SMILES string of the molecule is CN(C)CCN1Cc2cc(Nc3ncc4cc(C#N)c(=O)n(C5CCCC5)c4n3)ccc2C(C)(C)C1. The second-order valence-corrected chi connectivity index (χ2v) is 11.2. The Morgan fingerprint density at radius 2 is 2.00 bits per heavy atom. The summed E-state index contributed by atoms with van der Waals surface area (Å²) in [6, 6.07) is 10.2. The predicted molar refractivity (Wildman–Crippen MR) is 143 cm³/mol. The largest absolute Gasteiger partial charge is 0.324 e. The Morgan fingerprint density at radius 3 is 2.72 bits per heavy atom. The molecule has 1 N–H and O–H groups in total. The van der Waals surface area contributed by atoms with E-state index in [4.69, 9.17) is 4.98 Å². The van der Waals surface area contributed by atoms with Gasteiger partial charge in [0, 0.05) is 54.9 Å². The van der Waals surface area contributed by atoms with Crippen LogP contribution in [0, 0.1) is 11.3 Å². The van der Waals surface area contributed by atoms with Crippen LogP contribution in [0.5, 0.6) is 0 Å². The molecule has 0 spiro atoms. The lowest BCUT2D eigenvalue weighted by Crippen LogP contribution is -2.44. The average Bonchev–Trinajstić information content (AvgIpc) is 3.36. The first kappa shape index (κ1) is 24.4. The Hall–Kier alpha value is -3.28. The molecule has 8 heteroatoms. The molecular formula is C28H35N7O. The predicted octanol–water partition coefficient (Wildman–Crippen LogP) is 4.18. The standard InChI is InChI=1S/C28H35N7O/c1-28(2)18-34(12-11-33(3)4)17-21-14-22(9-10-24(21)28)31-27-30-16-20-13-19(15-29)26(36)35(25(20)32-27)23-7-5-6-8-23/h9-10,13-14,16,23H,5-8,11-12,17-18H2,1-4H3,(H,30,31,32). The van der Waals surface area contributed by atoms with Crippen molar-refractivity contribution in [3.63, 3.8) is 0 Å². The smallest absolute Gasteiger partial charge is 0.270 e. The molecule has 1 fully saturated rings. The molecule has 3 heterocycles. The fourth-order valence-corrected chi connectivity index (χ4v) is 5.79. The summed E-state index contributed by atoms with van der Waals surface area (Å²) in [6.45, 7) is 8.64. The molecule has 1 aromatic carbocycles. The van der Waals surface area contributed by atoms with E-state index in [1.807, 2.05) is 6.07 Å². The lowest BCUT2D eigenvalue weighted by Gasteiger charge is -2.40. The number of pyridine rings is 1. The Labute approximate surface area is 212 Å². The van der Waals surface area contributed by atoms with E-state index < -0.39 is 0 Å². The monoisotopic (exact) mass is 485 g/mol. The Morgan fingerprint density at radius 1 is 1.22 bits per heavy atom. The summed E-state index contributed by atoms with van der Waals surface area (Å²) in [5.41, 5.74) is 4.20. The molecule has 0 unspecified atom stereocenters. The second kappa shape index (κ2) is 9.64. The van der Waals surface area contributed by atoms with Crippen molar-refractivity contribution in [1.29, 1.82) is 5.26 Å². The van der Waals surface area contributed by atoms with Crippen LogP contribution in [0.3, 0.4) is 0 Å². The maximum atomic E-state index is 13.1. The molecule has 36 heavy (non-hydrogen) atoms. The first-order valence-electron chi connectivity index (χ1n) is 12.8. The molecule has 2 aliphatic rings. The number of likely N-dealkylation sites (N-methyl/N-ethyl adjacent to an activating group) is 1. The van der Waals surface area contributed by atoms with Crippen molar-refractivity contribution in [3.05, 3.63) is 57.5 Å². The number of benzene rings is 1. The molecule has 0 bridgehead atoms. The third-order valence-corrected chi connectivity index (χ3v) is 7.55. The highest BCUT2D eigenvalue weighted by molar-refractivity contribution is 5.77. The van der Waals surface area contributed by atoms with Crippen molar-refractivity contribution in [2.24, 2.45) is 0 Å². The van der Waals surface area contributed by atoms with Gasteiger partial charge in [0.25, 0.3) is 5.56 Å². The van der Waals surface area contributed by atoms with Crippen molar-refractivity contribution in [2.75, 3.05) is 39.0 Å². The minimum atomic E-state index is -0.254. The minimum absolute atomic E-state index is 0.0771. The molecule has 2 aromatic heterocycles. The third kappa shape index (κ3) is 4.73. The van der Waals surface area contributed by atoms with Gasteiger partial charge in [0.15, 0.2) is 0 Å². The molecule has 1 saturated carbocycles. The van der Waals surface area contributed by atoms with Gasteiger partial charge in [-0.25, -0.2) is 4.98 Å². The van der Waals surface area contributed by atoms with E-state index in [0.717, 1.165) is 57.5 Å². The number of hydrogen-bond donors (Lipinski definition) is 1. The molecule has 0 radical (unpaired) electrons. The van der Waals surface area contributed by atoms with E-state index in [2.05, 4.69) is 66.2 Å². The summed E-state index contributed by atoms with van der Waals surface area (Å²) in [7, 11) is 4.23. The lowest BCUT2D eigenvalue weighted by atomic mass is 9.78. The van der Waals surface area contributed by atoms with Gasteiger partial charge in [0.1, 0.15) is 17.3 Å². The summed E-state index contributed by atoms with van der Waals surface area (Å²) < 4.78 is 1.73. The number of hydrogen-bond acceptors (Lipinski definition) is 7. The van der Waals surface area contributed by atoms with Gasteiger partial charge >= 0.3 is 0 Å². The molecule has 5 rings (SSSR count). The van der Waals surface area contributed by atoms with Crippen LogP contribution in [0.15, 0.2) is 35.3 Å². The molecule has 0 atom stereocenters. The van der Waals surface area contributed by atoms with E-state index in [-0.39, 0.29) is 22.6 Å². The van der Waals surface area contributed by atoms with Crippen LogP contribution in [0.1, 0.15) is 62.3 Å². The first-order chi connectivity index (χ1) is 17.2. The van der Waals surface area contributed by atoms with Gasteiger partial charge in [-0.2, -0.15) is 10.2 Å². The zero-order valence-electron chi connectivity index (χ0n) is 21.7. The van der Waals surface area contributed by atoms with Crippen LogP contribution in [0.2, 0.25) is 0 Å². The number of nitriles is 1. The quantitative estimate of drug-likeness (QED) is 0.560. The van der Waals surface area contributed by atoms with E-state index in [1.54, 1.807) is 16.8 Å². The normalized spacial score (nSPS) is 17.9. The zero-order chi connectivity index (χ0) is 25.4. The number of rotatable bonds is 6. The molecule has 188 valence electrons. The summed E-state index contributed by atoms with van der Waals surface area (Å²) in [5.74, 6) is 0.456. The van der Waals surface area contributed by atoms with Gasteiger partial charge in [-0.3, -0.25) is 14.3 Å². The molecule has 0 amide bonds. The van der Waals surface area contributed by atoms with E-state index in [1.165, 1.54) is 11.1 Å². The maximum Gasteiger partial charge on any atom is 0.270 e. The average molecular weight is 486 g/mol. The van der Waals surface area contributed by atoms with Crippen LogP contribution in [0.4, 0.5) is 11.6 Å². The molecule has 0 saturated heterocycles. The molecule has 8 nitrogen and oxygen atoms in total. The Balaban J connectivity index is 1.47. The van der Waals surface area contributed by atoms with Crippen LogP contribution in [0.25, 0.3) is 11.0 Å². The van der Waals surface area contributed by atoms with E-state index >= 15 is 0 Å². The van der Waals surface area contributed by atoms with Crippen LogP contribution in [-0.2, 0) is 12.0 Å². The highest BCUT2D eigenvalue weighted by Crippen LogP contribution is 2.35. The fourth-order valence-electron chi connectivity index (χ4n) is 5.79. The third-order valence-electron chi connectivity index (χ3n) is 7.55. The topological polar surface area (TPSA) is 90.1 Å². The van der Waals surface area contributed by atoms with Crippen molar-refractivity contribution >= 4 is 22.7 Å². The van der Waals surface area contributed by atoms with Gasteiger partial charge in [0.05, 0.1) is 0 Å². The highest BCUT2D eigenvalue weighted by Gasteiger charge is 2.31. The fraction of sp³-hybridized carbons (Fsp3) is 0.500. The maximum absolute atomic E-state index is 13.1. The lowest BCUT2D eigenvalue weighted by molar-refractivity contribution is 0.178. The summed E-state index contributed by atoms with van der Waals surface area (Å²) in [5, 5.41) is 13.6. The van der Waals surface area contributed by atoms with Gasteiger partial charge in [-0.1, -0.05) is 32.8 Å². The molecular weight excluding hydrogens is 450 g/mol. The van der Waals surface area contributed by atoms with Crippen LogP contribution < -0.4 is 10.9 Å². The molecule has 1 aliphatic heterocycles. The number of aromatic nitrogens is 3. The summed E-state index contributed by atoms with van der Waals surface area (Å²) >= 11 is 0. The Kier molecular flexibility index (Phi) is 6.54. The van der Waals surface area contributed by atoms with E-state index in [0.29, 0.717) is 17.0 Å². The van der Waals surface area contributed by atoms with Crippen LogP contribution in [-0.4, -0.2) is 58.1 Å². The van der Waals surface area contributed by atoms with E-state index in [9.17, 15) is 10.1 Å². The summed E-state index contributed by atoms with van der Waals surface area (Å²) in [6.07, 6.45) is 5.75. The van der Waals surface area contributed by atoms with Gasteiger partial charge in [-0.05, 0) is 56.3 Å². The molecule has 1 aliphatic carbocycles. The first-order valence-corrected chi connectivity index (χ1v) is 12.8. The van der Waals surface area contributed by atoms with Crippen molar-refractivity contribution in [2.45, 2.75) is 57.5 Å². The highest BCUT2D eigenvalue weighted by atomic mass is 16.1. The van der Waals surface area contributed by atoms with Crippen molar-refractivity contribution in [1.82, 2.24) is 24.3 Å². The van der Waals surface area contributed by atoms with Gasteiger partial charge < -0.3 is 10.2 Å². The number of anilines is 2. The zero-order valence-corrected chi connectivity index (χ0v) is 21.7. The number of nitrogens with one attached hydrogen (secondary N) is 1. The number of fused-ring (bicyclic) bond motifs is 2. The van der Waals surface area contributed by atoms with Crippen LogP contribution >= 0.6 is 0 Å². The summed E-state index contributed by atoms with van der Waals surface area (Å²) in [4.78, 5) is 27.1. The van der Waals surface area contributed by atoms with Crippen molar-refractivity contribution < 1.29 is 0 Å². The molecule has 3 aromatic rings. The van der Waals surface area contributed by atoms with Gasteiger partial charge in [-0.15, -0.1) is 0 Å². The second-order valence-electron chi connectivity index (χ2n) is 11.2. The Bertz CT molecular complexity index is 1380. The minimum Gasteiger partial charge on any atom is -0.324 e. The number of nitrogens with zero attached hydrogens (tertiary/aromatic N) is 6. The van der Waals surface area contributed by atoms with Crippen molar-refractivity contribution in [3.8, 4) is 6.07 Å².